The summed E-state index contributed by atoms with van der Waals surface area (Å²) in [6.45, 7) is 4.12. The monoisotopic (exact) mass is 391 g/mol. The van der Waals surface area contributed by atoms with Gasteiger partial charge in [0.1, 0.15) is 11.6 Å². The van der Waals surface area contributed by atoms with Crippen LogP contribution in [0.4, 0.5) is 23.1 Å². The molecule has 0 saturated carbocycles. The molecule has 1 aromatic heterocycles. The van der Waals surface area contributed by atoms with Crippen LogP contribution in [0.2, 0.25) is 0 Å². The summed E-state index contributed by atoms with van der Waals surface area (Å²) in [5, 5.41) is 9.30. The standard InChI is InChI=1S/C22H25N5O2/c1-15-13-21(23-12-11-17-7-4-5-10-20(17)29-3)27-22(24-15)26-19-9-6-8-18(14-19)25-16(2)28/h4-10,13-14H,11-12H2,1-3H3,(H,25,28)(H2,23,24,26,27). The first-order chi connectivity index (χ1) is 14.0. The van der Waals surface area contributed by atoms with Crippen LogP contribution in [0.1, 0.15) is 18.2 Å². The maximum Gasteiger partial charge on any atom is 0.229 e. The highest BCUT2D eigenvalue weighted by Crippen LogP contribution is 2.20. The lowest BCUT2D eigenvalue weighted by Gasteiger charge is -2.12. The number of rotatable bonds is 8. The van der Waals surface area contributed by atoms with Crippen LogP contribution in [0.5, 0.6) is 5.75 Å². The Hall–Kier alpha value is -3.61. The lowest BCUT2D eigenvalue weighted by Crippen LogP contribution is -2.09. The molecule has 0 radical (unpaired) electrons. The first kappa shape index (κ1) is 20.1. The molecular formula is C22H25N5O2. The summed E-state index contributed by atoms with van der Waals surface area (Å²) < 4.78 is 5.40. The van der Waals surface area contributed by atoms with Gasteiger partial charge in [-0.25, -0.2) is 4.98 Å². The van der Waals surface area contributed by atoms with E-state index in [1.807, 2.05) is 55.5 Å². The van der Waals surface area contributed by atoms with Gasteiger partial charge >= 0.3 is 0 Å². The van der Waals surface area contributed by atoms with Gasteiger partial charge in [-0.3, -0.25) is 4.79 Å². The zero-order valence-electron chi connectivity index (χ0n) is 16.8. The Bertz CT molecular complexity index is 990. The van der Waals surface area contributed by atoms with Gasteiger partial charge in [-0.1, -0.05) is 24.3 Å². The molecule has 0 aliphatic carbocycles. The minimum absolute atomic E-state index is 0.115. The Morgan fingerprint density at radius 3 is 2.62 bits per heavy atom. The first-order valence-electron chi connectivity index (χ1n) is 9.39. The van der Waals surface area contributed by atoms with E-state index in [0.717, 1.165) is 34.9 Å². The van der Waals surface area contributed by atoms with Crippen molar-refractivity contribution in [1.29, 1.82) is 0 Å². The van der Waals surface area contributed by atoms with Crippen molar-refractivity contribution >= 4 is 29.0 Å². The number of carbonyl (C=O) groups is 1. The quantitative estimate of drug-likeness (QED) is 0.535. The van der Waals surface area contributed by atoms with Crippen molar-refractivity contribution in [3.8, 4) is 5.75 Å². The molecule has 0 aliphatic rings. The molecule has 0 spiro atoms. The summed E-state index contributed by atoms with van der Waals surface area (Å²) in [4.78, 5) is 20.2. The fraction of sp³-hybridized carbons (Fsp3) is 0.227. The number of amides is 1. The summed E-state index contributed by atoms with van der Waals surface area (Å²) in [6, 6.07) is 17.3. The third-order valence-corrected chi connectivity index (χ3v) is 4.19. The van der Waals surface area contributed by atoms with Crippen molar-refractivity contribution in [3.05, 3.63) is 65.9 Å². The van der Waals surface area contributed by atoms with Crippen LogP contribution >= 0.6 is 0 Å². The largest absolute Gasteiger partial charge is 0.496 e. The molecule has 150 valence electrons. The molecule has 3 aromatic rings. The third kappa shape index (κ3) is 5.93. The van der Waals surface area contributed by atoms with Crippen LogP contribution in [0.15, 0.2) is 54.6 Å². The van der Waals surface area contributed by atoms with Crippen molar-refractivity contribution in [2.75, 3.05) is 29.6 Å². The molecule has 1 heterocycles. The number of aryl methyl sites for hydroxylation is 1. The Balaban J connectivity index is 1.66. The fourth-order valence-corrected chi connectivity index (χ4v) is 2.96. The highest BCUT2D eigenvalue weighted by atomic mass is 16.5. The number of hydrogen-bond donors (Lipinski definition) is 3. The zero-order chi connectivity index (χ0) is 20.6. The third-order valence-electron chi connectivity index (χ3n) is 4.19. The van der Waals surface area contributed by atoms with E-state index in [9.17, 15) is 4.79 Å². The molecule has 7 heteroatoms. The average Bonchev–Trinajstić information content (AvgIpc) is 2.68. The van der Waals surface area contributed by atoms with Gasteiger partial charge in [-0.15, -0.1) is 0 Å². The van der Waals surface area contributed by atoms with E-state index in [0.29, 0.717) is 18.2 Å². The number of para-hydroxylation sites is 1. The molecule has 3 rings (SSSR count). The maximum absolute atomic E-state index is 11.2. The molecule has 3 N–H and O–H groups in total. The van der Waals surface area contributed by atoms with Gasteiger partial charge in [-0.2, -0.15) is 4.98 Å². The number of carbonyl (C=O) groups excluding carboxylic acids is 1. The van der Waals surface area contributed by atoms with E-state index in [1.54, 1.807) is 7.11 Å². The first-order valence-corrected chi connectivity index (χ1v) is 9.39. The average molecular weight is 391 g/mol. The maximum atomic E-state index is 11.2. The van der Waals surface area contributed by atoms with Crippen LogP contribution in [0.3, 0.4) is 0 Å². The highest BCUT2D eigenvalue weighted by Gasteiger charge is 2.06. The van der Waals surface area contributed by atoms with Crippen molar-refractivity contribution in [1.82, 2.24) is 9.97 Å². The van der Waals surface area contributed by atoms with Crippen LogP contribution < -0.4 is 20.7 Å². The Labute approximate surface area is 170 Å². The predicted molar refractivity (Wildman–Crippen MR) is 116 cm³/mol. The van der Waals surface area contributed by atoms with Gasteiger partial charge in [0.2, 0.25) is 11.9 Å². The van der Waals surface area contributed by atoms with Crippen LogP contribution in [0, 0.1) is 6.92 Å². The minimum atomic E-state index is -0.115. The van der Waals surface area contributed by atoms with E-state index < -0.39 is 0 Å². The smallest absolute Gasteiger partial charge is 0.229 e. The van der Waals surface area contributed by atoms with Crippen molar-refractivity contribution in [2.24, 2.45) is 0 Å². The molecule has 0 fully saturated rings. The summed E-state index contributed by atoms with van der Waals surface area (Å²) in [6.07, 6.45) is 0.814. The van der Waals surface area contributed by atoms with E-state index in [1.165, 1.54) is 6.92 Å². The number of ether oxygens (including phenoxy) is 1. The molecule has 0 saturated heterocycles. The normalized spacial score (nSPS) is 10.3. The summed E-state index contributed by atoms with van der Waals surface area (Å²) in [5.41, 5.74) is 3.49. The van der Waals surface area contributed by atoms with E-state index >= 15 is 0 Å². The van der Waals surface area contributed by atoms with Gasteiger partial charge in [0.15, 0.2) is 0 Å². The summed E-state index contributed by atoms with van der Waals surface area (Å²) >= 11 is 0. The Morgan fingerprint density at radius 2 is 1.83 bits per heavy atom. The van der Waals surface area contributed by atoms with Gasteiger partial charge in [0, 0.05) is 36.6 Å². The molecule has 0 unspecified atom stereocenters. The van der Waals surface area contributed by atoms with Crippen molar-refractivity contribution in [3.63, 3.8) is 0 Å². The number of hydrogen-bond acceptors (Lipinski definition) is 6. The SMILES string of the molecule is COc1ccccc1CCNc1cc(C)nc(Nc2cccc(NC(C)=O)c2)n1. The Morgan fingerprint density at radius 1 is 1.03 bits per heavy atom. The number of benzene rings is 2. The minimum Gasteiger partial charge on any atom is -0.496 e. The molecule has 0 atom stereocenters. The molecule has 29 heavy (non-hydrogen) atoms. The van der Waals surface area contributed by atoms with Crippen LogP contribution in [-0.2, 0) is 11.2 Å². The van der Waals surface area contributed by atoms with E-state index in [2.05, 4.69) is 32.0 Å². The van der Waals surface area contributed by atoms with Crippen LogP contribution in [0.25, 0.3) is 0 Å². The van der Waals surface area contributed by atoms with Gasteiger partial charge < -0.3 is 20.7 Å². The number of nitrogens with zero attached hydrogens (tertiary/aromatic N) is 2. The van der Waals surface area contributed by atoms with Crippen molar-refractivity contribution in [2.45, 2.75) is 20.3 Å². The molecule has 0 aliphatic heterocycles. The predicted octanol–water partition coefficient (Wildman–Crippen LogP) is 4.15. The van der Waals surface area contributed by atoms with E-state index in [4.69, 9.17) is 4.74 Å². The molecule has 1 amide bonds. The van der Waals surface area contributed by atoms with Crippen LogP contribution in [-0.4, -0.2) is 29.5 Å². The van der Waals surface area contributed by atoms with Gasteiger partial charge in [0.05, 0.1) is 7.11 Å². The lowest BCUT2D eigenvalue weighted by atomic mass is 10.1. The fourth-order valence-electron chi connectivity index (χ4n) is 2.96. The highest BCUT2D eigenvalue weighted by molar-refractivity contribution is 5.89. The van der Waals surface area contributed by atoms with Gasteiger partial charge in [-0.05, 0) is 43.2 Å². The topological polar surface area (TPSA) is 88.2 Å². The number of aromatic nitrogens is 2. The molecule has 0 bridgehead atoms. The summed E-state index contributed by atoms with van der Waals surface area (Å²) in [5.74, 6) is 2.00. The second kappa shape index (κ2) is 9.54. The molecule has 2 aromatic carbocycles. The second-order valence-electron chi connectivity index (χ2n) is 6.59. The second-order valence-corrected chi connectivity index (χ2v) is 6.59. The number of anilines is 4. The van der Waals surface area contributed by atoms with Crippen molar-refractivity contribution < 1.29 is 9.53 Å². The molecule has 7 nitrogen and oxygen atoms in total. The Kier molecular flexibility index (Phi) is 6.63. The molecular weight excluding hydrogens is 366 g/mol. The lowest BCUT2D eigenvalue weighted by molar-refractivity contribution is -0.114. The summed E-state index contributed by atoms with van der Waals surface area (Å²) in [7, 11) is 1.68. The zero-order valence-corrected chi connectivity index (χ0v) is 16.8. The number of nitrogens with one attached hydrogen (secondary N) is 3. The van der Waals surface area contributed by atoms with Gasteiger partial charge in [0.25, 0.3) is 0 Å². The van der Waals surface area contributed by atoms with E-state index in [-0.39, 0.29) is 5.91 Å². The number of methoxy groups -OCH3 is 1.